The van der Waals surface area contributed by atoms with Crippen molar-refractivity contribution in [2.75, 3.05) is 19.8 Å². The number of nitrogens with one attached hydrogen (secondary N) is 2. The predicted molar refractivity (Wildman–Crippen MR) is 61.7 cm³/mol. The minimum Gasteiger partial charge on any atom is -0.465 e. The Bertz CT molecular complexity index is 203. The van der Waals surface area contributed by atoms with E-state index < -0.39 is 6.09 Å². The first-order chi connectivity index (χ1) is 7.72. The van der Waals surface area contributed by atoms with E-state index in [9.17, 15) is 4.79 Å². The minimum absolute atomic E-state index is 0.141. The third-order valence-electron chi connectivity index (χ3n) is 2.94. The van der Waals surface area contributed by atoms with E-state index in [2.05, 4.69) is 10.6 Å². The third kappa shape index (κ3) is 5.32. The van der Waals surface area contributed by atoms with Crippen LogP contribution in [0.3, 0.4) is 0 Å². The molecule has 1 aliphatic rings. The Hall–Kier alpha value is -0.810. The molecule has 3 N–H and O–H groups in total. The number of ether oxygens (including phenoxy) is 1. The number of carbonyl (C=O) groups is 1. The number of amides is 1. The van der Waals surface area contributed by atoms with E-state index >= 15 is 0 Å². The van der Waals surface area contributed by atoms with E-state index in [1.54, 1.807) is 0 Å². The molecule has 0 bridgehead atoms. The molecule has 1 saturated carbocycles. The van der Waals surface area contributed by atoms with Crippen LogP contribution in [0, 0.1) is 0 Å². The summed E-state index contributed by atoms with van der Waals surface area (Å²) in [5.74, 6) is 0. The summed E-state index contributed by atoms with van der Waals surface area (Å²) in [6.45, 7) is 4.39. The van der Waals surface area contributed by atoms with Gasteiger partial charge < -0.3 is 20.5 Å². The van der Waals surface area contributed by atoms with Gasteiger partial charge in [0.15, 0.2) is 0 Å². The fraction of sp³-hybridized carbons (Fsp3) is 0.909. The molecule has 1 aliphatic carbocycles. The van der Waals surface area contributed by atoms with Crippen molar-refractivity contribution in [1.29, 1.82) is 0 Å². The molecule has 0 atom stereocenters. The number of hydrogen-bond acceptors (Lipinski definition) is 3. The molecule has 0 saturated heterocycles. The minimum atomic E-state index is -0.909. The Morgan fingerprint density at radius 2 is 1.94 bits per heavy atom. The zero-order valence-corrected chi connectivity index (χ0v) is 9.87. The summed E-state index contributed by atoms with van der Waals surface area (Å²) >= 11 is 0. The molecule has 0 spiro atoms. The van der Waals surface area contributed by atoms with E-state index in [0.717, 1.165) is 45.4 Å². The van der Waals surface area contributed by atoms with Gasteiger partial charge in [-0.05, 0) is 32.6 Å². The second kappa shape index (κ2) is 7.46. The monoisotopic (exact) mass is 230 g/mol. The van der Waals surface area contributed by atoms with Gasteiger partial charge in [-0.25, -0.2) is 4.79 Å². The molecular formula is C11H22N2O3. The van der Waals surface area contributed by atoms with Crippen molar-refractivity contribution in [2.45, 2.75) is 44.7 Å². The van der Waals surface area contributed by atoms with Gasteiger partial charge in [-0.2, -0.15) is 0 Å². The zero-order valence-electron chi connectivity index (χ0n) is 9.87. The normalized spacial score (nSPS) is 25.3. The fourth-order valence-corrected chi connectivity index (χ4v) is 2.10. The van der Waals surface area contributed by atoms with Crippen LogP contribution in [0.15, 0.2) is 0 Å². The molecule has 5 heteroatoms. The molecule has 1 amide bonds. The zero-order chi connectivity index (χ0) is 11.8. The van der Waals surface area contributed by atoms with Crippen molar-refractivity contribution < 1.29 is 14.6 Å². The van der Waals surface area contributed by atoms with Gasteiger partial charge in [0, 0.05) is 25.2 Å². The largest absolute Gasteiger partial charge is 0.465 e. The molecule has 0 aromatic carbocycles. The van der Waals surface area contributed by atoms with E-state index in [1.807, 2.05) is 6.92 Å². The molecule has 1 rings (SSSR count). The van der Waals surface area contributed by atoms with Gasteiger partial charge in [0.1, 0.15) is 0 Å². The molecule has 0 heterocycles. The highest BCUT2D eigenvalue weighted by molar-refractivity contribution is 5.64. The summed E-state index contributed by atoms with van der Waals surface area (Å²) in [4.78, 5) is 10.4. The van der Waals surface area contributed by atoms with Gasteiger partial charge in [-0.1, -0.05) is 0 Å². The average Bonchev–Trinajstić information content (AvgIpc) is 2.26. The average molecular weight is 230 g/mol. The Morgan fingerprint density at radius 1 is 1.31 bits per heavy atom. The molecular weight excluding hydrogens is 208 g/mol. The number of hydrogen-bond donors (Lipinski definition) is 3. The highest BCUT2D eigenvalue weighted by Gasteiger charge is 2.21. The molecule has 5 nitrogen and oxygen atoms in total. The summed E-state index contributed by atoms with van der Waals surface area (Å²) in [5, 5.41) is 14.6. The van der Waals surface area contributed by atoms with Gasteiger partial charge in [0.05, 0.1) is 6.61 Å². The van der Waals surface area contributed by atoms with Gasteiger partial charge in [0.25, 0.3) is 0 Å². The Kier molecular flexibility index (Phi) is 6.18. The van der Waals surface area contributed by atoms with Crippen LogP contribution in [-0.2, 0) is 4.74 Å². The van der Waals surface area contributed by atoms with Crippen LogP contribution in [-0.4, -0.2) is 43.0 Å². The van der Waals surface area contributed by atoms with Crippen molar-refractivity contribution in [3.8, 4) is 0 Å². The maximum Gasteiger partial charge on any atom is 0.404 e. The molecule has 1 fully saturated rings. The Balaban J connectivity index is 2.05. The van der Waals surface area contributed by atoms with Crippen molar-refractivity contribution in [3.63, 3.8) is 0 Å². The number of carboxylic acid groups (broad SMARTS) is 1. The first kappa shape index (κ1) is 13.3. The van der Waals surface area contributed by atoms with Crippen LogP contribution in [0.4, 0.5) is 4.79 Å². The lowest BCUT2D eigenvalue weighted by molar-refractivity contribution is 0.143. The van der Waals surface area contributed by atoms with Gasteiger partial charge in [0.2, 0.25) is 0 Å². The number of rotatable bonds is 6. The molecule has 94 valence electrons. The molecule has 0 aromatic heterocycles. The van der Waals surface area contributed by atoms with Gasteiger partial charge in [-0.15, -0.1) is 0 Å². The van der Waals surface area contributed by atoms with Crippen LogP contribution in [0.2, 0.25) is 0 Å². The summed E-state index contributed by atoms with van der Waals surface area (Å²) in [5.41, 5.74) is 0. The van der Waals surface area contributed by atoms with E-state index in [-0.39, 0.29) is 6.04 Å². The van der Waals surface area contributed by atoms with Crippen molar-refractivity contribution in [1.82, 2.24) is 10.6 Å². The molecule has 0 unspecified atom stereocenters. The molecule has 0 aromatic rings. The molecule has 0 radical (unpaired) electrons. The van der Waals surface area contributed by atoms with Crippen molar-refractivity contribution in [3.05, 3.63) is 0 Å². The lowest BCUT2D eigenvalue weighted by atomic mass is 9.91. The van der Waals surface area contributed by atoms with Gasteiger partial charge in [-0.3, -0.25) is 0 Å². The summed E-state index contributed by atoms with van der Waals surface area (Å²) < 4.78 is 5.25. The Morgan fingerprint density at radius 3 is 2.50 bits per heavy atom. The first-order valence-corrected chi connectivity index (χ1v) is 6.03. The van der Waals surface area contributed by atoms with Crippen LogP contribution in [0.5, 0.6) is 0 Å². The van der Waals surface area contributed by atoms with Crippen molar-refractivity contribution >= 4 is 6.09 Å². The van der Waals surface area contributed by atoms with Gasteiger partial charge >= 0.3 is 6.09 Å². The third-order valence-corrected chi connectivity index (χ3v) is 2.94. The second-order valence-electron chi connectivity index (χ2n) is 4.15. The topological polar surface area (TPSA) is 70.6 Å². The Labute approximate surface area is 96.6 Å². The summed E-state index contributed by atoms with van der Waals surface area (Å²) in [6, 6.07) is 0.662. The summed E-state index contributed by atoms with van der Waals surface area (Å²) in [7, 11) is 0. The second-order valence-corrected chi connectivity index (χ2v) is 4.15. The highest BCUT2D eigenvalue weighted by Crippen LogP contribution is 2.18. The van der Waals surface area contributed by atoms with E-state index in [1.165, 1.54) is 0 Å². The van der Waals surface area contributed by atoms with Crippen LogP contribution < -0.4 is 10.6 Å². The van der Waals surface area contributed by atoms with Crippen LogP contribution in [0.25, 0.3) is 0 Å². The SMILES string of the molecule is CCOCCNC1CCC(NC(=O)O)CC1. The fourth-order valence-electron chi connectivity index (χ4n) is 2.10. The molecule has 0 aliphatic heterocycles. The van der Waals surface area contributed by atoms with Crippen LogP contribution >= 0.6 is 0 Å². The smallest absolute Gasteiger partial charge is 0.404 e. The highest BCUT2D eigenvalue weighted by atomic mass is 16.5. The lowest BCUT2D eigenvalue weighted by Crippen LogP contribution is -2.42. The summed E-state index contributed by atoms with van der Waals surface area (Å²) in [6.07, 6.45) is 3.03. The maximum atomic E-state index is 10.4. The van der Waals surface area contributed by atoms with E-state index in [4.69, 9.17) is 9.84 Å². The first-order valence-electron chi connectivity index (χ1n) is 6.03. The lowest BCUT2D eigenvalue weighted by Gasteiger charge is -2.29. The predicted octanol–water partition coefficient (Wildman–Crippen LogP) is 1.19. The standard InChI is InChI=1S/C11H22N2O3/c1-2-16-8-7-12-9-3-5-10(6-4-9)13-11(14)15/h9-10,12-13H,2-8H2,1H3,(H,14,15). The quantitative estimate of drug-likeness (QED) is 0.599. The maximum absolute atomic E-state index is 10.4. The van der Waals surface area contributed by atoms with Crippen molar-refractivity contribution in [2.24, 2.45) is 0 Å². The van der Waals surface area contributed by atoms with E-state index in [0.29, 0.717) is 6.04 Å². The molecule has 16 heavy (non-hydrogen) atoms. The van der Waals surface area contributed by atoms with Crippen LogP contribution in [0.1, 0.15) is 32.6 Å².